The minimum Gasteiger partial charge on any atom is -0.206 e. The molecule has 0 aliphatic carbocycles. The first kappa shape index (κ1) is 10.7. The zero-order valence-electron chi connectivity index (χ0n) is 7.03. The topological polar surface area (TPSA) is 0 Å². The summed E-state index contributed by atoms with van der Waals surface area (Å²) in [7, 11) is 0. The van der Waals surface area contributed by atoms with Crippen molar-refractivity contribution >= 4 is 33.0 Å². The van der Waals surface area contributed by atoms with Crippen molar-refractivity contribution in [2.75, 3.05) is 0 Å². The Kier molecular flexibility index (Phi) is 2.39. The minimum absolute atomic E-state index is 0.209. The van der Waals surface area contributed by atoms with Crippen molar-refractivity contribution in [3.05, 3.63) is 33.9 Å². The smallest absolute Gasteiger partial charge is 0.206 e. The molecular weight excluding hydrogens is 252 g/mol. The SMILES string of the molecule is Fc1cc2scc(Cl)c2cc1C(F)(F)F. The first-order valence-electron chi connectivity index (χ1n) is 3.83. The lowest BCUT2D eigenvalue weighted by atomic mass is 10.1. The summed E-state index contributed by atoms with van der Waals surface area (Å²) < 4.78 is 50.5. The van der Waals surface area contributed by atoms with E-state index in [1.165, 1.54) is 5.38 Å². The van der Waals surface area contributed by atoms with E-state index in [1.54, 1.807) is 0 Å². The summed E-state index contributed by atoms with van der Waals surface area (Å²) in [5.41, 5.74) is -1.28. The van der Waals surface area contributed by atoms with Gasteiger partial charge in [0.15, 0.2) is 0 Å². The molecule has 0 radical (unpaired) electrons. The molecule has 0 saturated heterocycles. The minimum atomic E-state index is -4.69. The highest BCUT2D eigenvalue weighted by Gasteiger charge is 2.34. The summed E-state index contributed by atoms with van der Waals surface area (Å²) in [4.78, 5) is 0. The number of halogens is 5. The van der Waals surface area contributed by atoms with Gasteiger partial charge in [-0.15, -0.1) is 11.3 Å². The number of thiophene rings is 1. The van der Waals surface area contributed by atoms with E-state index >= 15 is 0 Å². The molecular formula is C9H3ClF4S. The summed E-state index contributed by atoms with van der Waals surface area (Å²) in [6.07, 6.45) is -4.69. The van der Waals surface area contributed by atoms with E-state index in [2.05, 4.69) is 0 Å². The summed E-state index contributed by atoms with van der Waals surface area (Å²) in [5, 5.41) is 1.92. The highest BCUT2D eigenvalue weighted by molar-refractivity contribution is 7.17. The standard InChI is InChI=1S/C9H3ClF4S/c10-6-3-15-8-2-7(11)5(1-4(6)8)9(12,13)14/h1-3H. The van der Waals surface area contributed by atoms with Crippen molar-refractivity contribution in [3.8, 4) is 0 Å². The fourth-order valence-corrected chi connectivity index (χ4v) is 2.41. The number of alkyl halides is 3. The van der Waals surface area contributed by atoms with Gasteiger partial charge in [-0.2, -0.15) is 13.2 Å². The maximum atomic E-state index is 13.1. The maximum absolute atomic E-state index is 13.1. The van der Waals surface area contributed by atoms with Gasteiger partial charge >= 0.3 is 6.18 Å². The molecule has 2 aromatic rings. The third-order valence-corrected chi connectivity index (χ3v) is 3.31. The van der Waals surface area contributed by atoms with E-state index in [-0.39, 0.29) is 10.4 Å². The van der Waals surface area contributed by atoms with Gasteiger partial charge < -0.3 is 0 Å². The monoisotopic (exact) mass is 254 g/mol. The normalized spacial score (nSPS) is 12.3. The van der Waals surface area contributed by atoms with Gasteiger partial charge in [0, 0.05) is 15.5 Å². The molecule has 6 heteroatoms. The average Bonchev–Trinajstić information content (AvgIpc) is 2.44. The first-order valence-corrected chi connectivity index (χ1v) is 5.09. The van der Waals surface area contributed by atoms with Crippen LogP contribution in [0.5, 0.6) is 0 Å². The lowest BCUT2D eigenvalue weighted by Crippen LogP contribution is -2.07. The molecule has 0 fully saturated rings. The van der Waals surface area contributed by atoms with Crippen LogP contribution in [0.4, 0.5) is 17.6 Å². The van der Waals surface area contributed by atoms with Gasteiger partial charge in [-0.3, -0.25) is 0 Å². The molecule has 0 N–H and O–H groups in total. The van der Waals surface area contributed by atoms with Crippen LogP contribution >= 0.6 is 22.9 Å². The number of hydrogen-bond donors (Lipinski definition) is 0. The van der Waals surface area contributed by atoms with Crippen LogP contribution < -0.4 is 0 Å². The van der Waals surface area contributed by atoms with Crippen LogP contribution in [0.25, 0.3) is 10.1 Å². The fourth-order valence-electron chi connectivity index (χ4n) is 1.24. The van der Waals surface area contributed by atoms with E-state index in [0.29, 0.717) is 4.70 Å². The Hall–Kier alpha value is -0.810. The summed E-state index contributed by atoms with van der Waals surface area (Å²) in [5.74, 6) is -1.27. The van der Waals surface area contributed by atoms with Crippen LogP contribution in [0.2, 0.25) is 5.02 Å². The van der Waals surface area contributed by atoms with Gasteiger partial charge in [0.05, 0.1) is 10.6 Å². The van der Waals surface area contributed by atoms with Crippen molar-refractivity contribution in [1.29, 1.82) is 0 Å². The Morgan fingerprint density at radius 1 is 1.20 bits per heavy atom. The van der Waals surface area contributed by atoms with E-state index in [4.69, 9.17) is 11.6 Å². The van der Waals surface area contributed by atoms with Gasteiger partial charge in [-0.05, 0) is 12.1 Å². The average molecular weight is 255 g/mol. The highest BCUT2D eigenvalue weighted by atomic mass is 35.5. The fraction of sp³-hybridized carbons (Fsp3) is 0.111. The highest BCUT2D eigenvalue weighted by Crippen LogP contribution is 2.37. The molecule has 1 aromatic carbocycles. The zero-order valence-corrected chi connectivity index (χ0v) is 8.60. The zero-order chi connectivity index (χ0) is 11.2. The second kappa shape index (κ2) is 3.35. The van der Waals surface area contributed by atoms with Crippen LogP contribution in [0.15, 0.2) is 17.5 Å². The Morgan fingerprint density at radius 2 is 1.87 bits per heavy atom. The molecule has 0 saturated carbocycles. The molecule has 0 amide bonds. The molecule has 0 spiro atoms. The molecule has 0 nitrogen and oxygen atoms in total. The van der Waals surface area contributed by atoms with E-state index in [0.717, 1.165) is 23.5 Å². The number of fused-ring (bicyclic) bond motifs is 1. The third-order valence-electron chi connectivity index (χ3n) is 1.92. The van der Waals surface area contributed by atoms with Gasteiger partial charge in [-0.1, -0.05) is 11.6 Å². The van der Waals surface area contributed by atoms with E-state index in [9.17, 15) is 17.6 Å². The Labute approximate surface area is 91.1 Å². The van der Waals surface area contributed by atoms with Crippen LogP contribution in [0, 0.1) is 5.82 Å². The van der Waals surface area contributed by atoms with Crippen LogP contribution in [0.1, 0.15) is 5.56 Å². The van der Waals surface area contributed by atoms with Crippen LogP contribution in [-0.4, -0.2) is 0 Å². The van der Waals surface area contributed by atoms with Crippen molar-refractivity contribution < 1.29 is 17.6 Å². The quantitative estimate of drug-likeness (QED) is 0.597. The van der Waals surface area contributed by atoms with Gasteiger partial charge in [0.1, 0.15) is 5.82 Å². The number of benzene rings is 1. The van der Waals surface area contributed by atoms with Crippen LogP contribution in [-0.2, 0) is 6.18 Å². The second-order valence-electron chi connectivity index (χ2n) is 2.91. The van der Waals surface area contributed by atoms with Crippen LogP contribution in [0.3, 0.4) is 0 Å². The van der Waals surface area contributed by atoms with Crippen molar-refractivity contribution in [1.82, 2.24) is 0 Å². The molecule has 0 aliphatic heterocycles. The van der Waals surface area contributed by atoms with Gasteiger partial charge in [-0.25, -0.2) is 4.39 Å². The van der Waals surface area contributed by atoms with E-state index in [1.807, 2.05) is 0 Å². The first-order chi connectivity index (χ1) is 6.89. The van der Waals surface area contributed by atoms with Crippen molar-refractivity contribution in [2.24, 2.45) is 0 Å². The number of rotatable bonds is 0. The molecule has 0 unspecified atom stereocenters. The molecule has 2 rings (SSSR count). The largest absolute Gasteiger partial charge is 0.419 e. The Bertz CT molecular complexity index is 515. The molecule has 1 heterocycles. The molecule has 1 aromatic heterocycles. The Balaban J connectivity index is 2.76. The predicted octanol–water partition coefficient (Wildman–Crippen LogP) is 4.71. The maximum Gasteiger partial charge on any atom is 0.419 e. The third kappa shape index (κ3) is 1.81. The number of hydrogen-bond acceptors (Lipinski definition) is 1. The molecule has 0 bridgehead atoms. The van der Waals surface area contributed by atoms with E-state index < -0.39 is 17.6 Å². The molecule has 80 valence electrons. The lowest BCUT2D eigenvalue weighted by molar-refractivity contribution is -0.139. The lowest BCUT2D eigenvalue weighted by Gasteiger charge is -2.07. The van der Waals surface area contributed by atoms with Gasteiger partial charge in [0.25, 0.3) is 0 Å². The second-order valence-corrected chi connectivity index (χ2v) is 4.23. The summed E-state index contributed by atoms with van der Waals surface area (Å²) in [6, 6.07) is 1.60. The van der Waals surface area contributed by atoms with Crippen molar-refractivity contribution in [3.63, 3.8) is 0 Å². The molecule has 0 aliphatic rings. The van der Waals surface area contributed by atoms with Gasteiger partial charge in [0.2, 0.25) is 0 Å². The summed E-state index contributed by atoms with van der Waals surface area (Å²) >= 11 is 6.78. The molecule has 0 atom stereocenters. The van der Waals surface area contributed by atoms with Crippen molar-refractivity contribution in [2.45, 2.75) is 6.18 Å². The summed E-state index contributed by atoms with van der Waals surface area (Å²) in [6.45, 7) is 0. The molecule has 15 heavy (non-hydrogen) atoms. The Morgan fingerprint density at radius 3 is 2.47 bits per heavy atom. The predicted molar refractivity (Wildman–Crippen MR) is 51.8 cm³/mol.